The fourth-order valence-corrected chi connectivity index (χ4v) is 4.13. The van der Waals surface area contributed by atoms with Crippen LogP contribution in [0.4, 0.5) is 8.78 Å². The zero-order valence-electron chi connectivity index (χ0n) is 13.9. The maximum Gasteiger partial charge on any atom is 0.241 e. The average Bonchev–Trinajstić information content (AvgIpc) is 2.94. The van der Waals surface area contributed by atoms with Crippen LogP contribution in [0.15, 0.2) is 42.5 Å². The lowest BCUT2D eigenvalue weighted by Gasteiger charge is -2.36. The van der Waals surface area contributed by atoms with E-state index in [9.17, 15) is 13.6 Å². The van der Waals surface area contributed by atoms with Gasteiger partial charge in [-0.25, -0.2) is 8.78 Å². The molecule has 0 saturated carbocycles. The molecule has 1 amide bonds. The predicted octanol–water partition coefficient (Wildman–Crippen LogP) is 3.17. The molecule has 2 aromatic rings. The van der Waals surface area contributed by atoms with Crippen molar-refractivity contribution in [3.05, 3.63) is 70.8 Å². The summed E-state index contributed by atoms with van der Waals surface area (Å²) in [4.78, 5) is 14.9. The van der Waals surface area contributed by atoms with Gasteiger partial charge in [-0.1, -0.05) is 30.3 Å². The van der Waals surface area contributed by atoms with Crippen LogP contribution in [0.1, 0.15) is 29.5 Å². The van der Waals surface area contributed by atoms with Gasteiger partial charge in [0.15, 0.2) is 0 Å². The standard InChI is InChI=1S/C20H20F2N2O/c21-17-7-3-8-18(22)16(17)13-24-10-4-9-20(24)11-14-5-1-2-6-15(14)12-23-19(20)25/h1-3,5-8H,4,9-13H2,(H,23,25). The topological polar surface area (TPSA) is 32.3 Å². The summed E-state index contributed by atoms with van der Waals surface area (Å²) in [6.45, 7) is 1.26. The maximum absolute atomic E-state index is 14.1. The smallest absolute Gasteiger partial charge is 0.241 e. The molecule has 4 rings (SSSR count). The first-order valence-electron chi connectivity index (χ1n) is 8.63. The number of hydrogen-bond acceptors (Lipinski definition) is 2. The van der Waals surface area contributed by atoms with Gasteiger partial charge in [-0.15, -0.1) is 0 Å². The molecule has 2 aromatic carbocycles. The van der Waals surface area contributed by atoms with Crippen LogP contribution < -0.4 is 5.32 Å². The molecule has 5 heteroatoms. The van der Waals surface area contributed by atoms with E-state index in [0.717, 1.165) is 17.5 Å². The molecule has 0 aromatic heterocycles. The zero-order chi connectivity index (χ0) is 17.4. The van der Waals surface area contributed by atoms with Gasteiger partial charge in [0.2, 0.25) is 5.91 Å². The zero-order valence-corrected chi connectivity index (χ0v) is 13.9. The van der Waals surface area contributed by atoms with Crippen molar-refractivity contribution < 1.29 is 13.6 Å². The van der Waals surface area contributed by atoms with Crippen LogP contribution >= 0.6 is 0 Å². The van der Waals surface area contributed by atoms with Crippen LogP contribution in [0.2, 0.25) is 0 Å². The molecule has 1 atom stereocenters. The van der Waals surface area contributed by atoms with Gasteiger partial charge in [0.05, 0.1) is 0 Å². The summed E-state index contributed by atoms with van der Waals surface area (Å²) in [5.74, 6) is -1.16. The molecular weight excluding hydrogens is 322 g/mol. The first-order chi connectivity index (χ1) is 12.1. The summed E-state index contributed by atoms with van der Waals surface area (Å²) in [5.41, 5.74) is 1.54. The van der Waals surface area contributed by atoms with Crippen molar-refractivity contribution in [3.8, 4) is 0 Å². The molecule has 2 aliphatic rings. The monoisotopic (exact) mass is 342 g/mol. The number of carbonyl (C=O) groups excluding carboxylic acids is 1. The second-order valence-electron chi connectivity index (χ2n) is 6.89. The second kappa shape index (κ2) is 6.23. The number of benzene rings is 2. The molecule has 2 heterocycles. The Kier molecular flexibility index (Phi) is 4.04. The minimum absolute atomic E-state index is 0.0362. The van der Waals surface area contributed by atoms with Gasteiger partial charge >= 0.3 is 0 Å². The summed E-state index contributed by atoms with van der Waals surface area (Å²) >= 11 is 0. The van der Waals surface area contributed by atoms with Crippen molar-refractivity contribution in [3.63, 3.8) is 0 Å². The van der Waals surface area contributed by atoms with Gasteiger partial charge < -0.3 is 5.32 Å². The highest BCUT2D eigenvalue weighted by atomic mass is 19.1. The van der Waals surface area contributed by atoms with Crippen molar-refractivity contribution in [2.75, 3.05) is 6.54 Å². The summed E-state index contributed by atoms with van der Waals surface area (Å²) in [5, 5.41) is 3.01. The Bertz CT molecular complexity index is 803. The number of likely N-dealkylation sites (tertiary alicyclic amines) is 1. The highest BCUT2D eigenvalue weighted by molar-refractivity contribution is 5.87. The second-order valence-corrected chi connectivity index (χ2v) is 6.89. The molecule has 1 fully saturated rings. The molecular formula is C20H20F2N2O. The number of nitrogens with zero attached hydrogens (tertiary/aromatic N) is 1. The molecule has 2 aliphatic heterocycles. The van der Waals surface area contributed by atoms with Gasteiger partial charge in [-0.3, -0.25) is 9.69 Å². The predicted molar refractivity (Wildman–Crippen MR) is 90.7 cm³/mol. The lowest BCUT2D eigenvalue weighted by atomic mass is 9.86. The molecule has 3 nitrogen and oxygen atoms in total. The number of nitrogens with one attached hydrogen (secondary N) is 1. The minimum Gasteiger partial charge on any atom is -0.350 e. The Morgan fingerprint density at radius 3 is 2.52 bits per heavy atom. The lowest BCUT2D eigenvalue weighted by molar-refractivity contribution is -0.132. The van der Waals surface area contributed by atoms with Crippen LogP contribution in [0, 0.1) is 11.6 Å². The van der Waals surface area contributed by atoms with E-state index < -0.39 is 17.2 Å². The number of amides is 1. The molecule has 1 spiro atoms. The molecule has 0 aliphatic carbocycles. The highest BCUT2D eigenvalue weighted by Gasteiger charge is 2.48. The summed E-state index contributed by atoms with van der Waals surface area (Å²) in [7, 11) is 0. The van der Waals surface area contributed by atoms with Gasteiger partial charge in [-0.2, -0.15) is 0 Å². The molecule has 130 valence electrons. The van der Waals surface area contributed by atoms with Crippen LogP contribution in [-0.4, -0.2) is 22.9 Å². The fourth-order valence-electron chi connectivity index (χ4n) is 4.13. The molecule has 1 unspecified atom stereocenters. The molecule has 1 saturated heterocycles. The number of fused-ring (bicyclic) bond motifs is 1. The van der Waals surface area contributed by atoms with Crippen molar-refractivity contribution in [1.82, 2.24) is 10.2 Å². The van der Waals surface area contributed by atoms with Gasteiger partial charge in [0, 0.05) is 25.1 Å². The van der Waals surface area contributed by atoms with Gasteiger partial charge in [-0.05, 0) is 42.6 Å². The van der Waals surface area contributed by atoms with Crippen molar-refractivity contribution >= 4 is 5.91 Å². The number of hydrogen-bond donors (Lipinski definition) is 1. The molecule has 0 radical (unpaired) electrons. The van der Waals surface area contributed by atoms with E-state index in [-0.39, 0.29) is 18.0 Å². The number of rotatable bonds is 2. The van der Waals surface area contributed by atoms with Crippen molar-refractivity contribution in [2.24, 2.45) is 0 Å². The largest absolute Gasteiger partial charge is 0.350 e. The van der Waals surface area contributed by atoms with E-state index in [4.69, 9.17) is 0 Å². The van der Waals surface area contributed by atoms with E-state index in [1.807, 2.05) is 29.2 Å². The Balaban J connectivity index is 1.71. The Morgan fingerprint density at radius 1 is 1.04 bits per heavy atom. The third-order valence-electron chi connectivity index (χ3n) is 5.50. The Morgan fingerprint density at radius 2 is 1.76 bits per heavy atom. The molecule has 25 heavy (non-hydrogen) atoms. The SMILES string of the molecule is O=C1NCc2ccccc2CC12CCCN2Cc1c(F)cccc1F. The quantitative estimate of drug-likeness (QED) is 0.909. The molecule has 0 bridgehead atoms. The third kappa shape index (κ3) is 2.72. The average molecular weight is 342 g/mol. The Labute approximate surface area is 145 Å². The van der Waals surface area contributed by atoms with E-state index in [0.29, 0.717) is 25.9 Å². The van der Waals surface area contributed by atoms with E-state index >= 15 is 0 Å². The number of carbonyl (C=O) groups is 1. The van der Waals surface area contributed by atoms with Crippen molar-refractivity contribution in [1.29, 1.82) is 0 Å². The molecule has 1 N–H and O–H groups in total. The maximum atomic E-state index is 14.1. The first-order valence-corrected chi connectivity index (χ1v) is 8.63. The summed E-state index contributed by atoms with van der Waals surface area (Å²) in [6.07, 6.45) is 2.11. The lowest BCUT2D eigenvalue weighted by Crippen LogP contribution is -2.55. The van der Waals surface area contributed by atoms with Gasteiger partial charge in [0.25, 0.3) is 0 Å². The van der Waals surface area contributed by atoms with Crippen LogP contribution in [0.25, 0.3) is 0 Å². The van der Waals surface area contributed by atoms with E-state index in [2.05, 4.69) is 5.32 Å². The van der Waals surface area contributed by atoms with Crippen LogP contribution in [0.5, 0.6) is 0 Å². The summed E-state index contributed by atoms with van der Waals surface area (Å²) < 4.78 is 28.2. The summed E-state index contributed by atoms with van der Waals surface area (Å²) in [6, 6.07) is 11.9. The fraction of sp³-hybridized carbons (Fsp3) is 0.350. The van der Waals surface area contributed by atoms with Crippen LogP contribution in [-0.2, 0) is 24.3 Å². The normalized spacial score (nSPS) is 23.4. The van der Waals surface area contributed by atoms with Crippen molar-refractivity contribution in [2.45, 2.75) is 37.9 Å². The number of halogens is 2. The third-order valence-corrected chi connectivity index (χ3v) is 5.50. The first kappa shape index (κ1) is 16.2. The van der Waals surface area contributed by atoms with Gasteiger partial charge in [0.1, 0.15) is 17.2 Å². The Hall–Kier alpha value is -2.27. The minimum atomic E-state index is -0.735. The van der Waals surface area contributed by atoms with E-state index in [1.54, 1.807) is 0 Å². The van der Waals surface area contributed by atoms with Crippen LogP contribution in [0.3, 0.4) is 0 Å². The van der Waals surface area contributed by atoms with E-state index in [1.165, 1.54) is 18.2 Å². The highest BCUT2D eigenvalue weighted by Crippen LogP contribution is 2.37.